The number of nitrogens with zero attached hydrogens (tertiary/aromatic N) is 1. The second-order valence-electron chi connectivity index (χ2n) is 6.49. The highest BCUT2D eigenvalue weighted by atomic mass is 127. The van der Waals surface area contributed by atoms with Gasteiger partial charge in [-0.3, -0.25) is 4.79 Å². The summed E-state index contributed by atoms with van der Waals surface area (Å²) in [6.45, 7) is 3.38. The van der Waals surface area contributed by atoms with Crippen LogP contribution in [0.5, 0.6) is 5.75 Å². The van der Waals surface area contributed by atoms with Crippen molar-refractivity contribution < 1.29 is 42.7 Å². The van der Waals surface area contributed by atoms with Gasteiger partial charge in [-0.2, -0.15) is 0 Å². The molecule has 23 heavy (non-hydrogen) atoms. The molecule has 0 spiro atoms. The normalized spacial score (nSPS) is 11.0. The fourth-order valence-corrected chi connectivity index (χ4v) is 2.08. The molecule has 0 aromatic heterocycles. The molecule has 126 valence electrons. The highest BCUT2D eigenvalue weighted by Crippen LogP contribution is 2.22. The Morgan fingerprint density at radius 1 is 1.04 bits per heavy atom. The fourth-order valence-electron chi connectivity index (χ4n) is 2.08. The van der Waals surface area contributed by atoms with Crippen molar-refractivity contribution in [3.05, 3.63) is 42.0 Å². The molecule has 0 atom stereocenters. The molecule has 0 bridgehead atoms. The van der Waals surface area contributed by atoms with Crippen molar-refractivity contribution in [3.63, 3.8) is 0 Å². The van der Waals surface area contributed by atoms with E-state index in [9.17, 15) is 4.79 Å². The van der Waals surface area contributed by atoms with E-state index in [2.05, 4.69) is 21.1 Å². The van der Waals surface area contributed by atoms with E-state index >= 15 is 0 Å². The van der Waals surface area contributed by atoms with Gasteiger partial charge in [0.15, 0.2) is 0 Å². The summed E-state index contributed by atoms with van der Waals surface area (Å²) in [6, 6.07) is 12.1. The van der Waals surface area contributed by atoms with Gasteiger partial charge in [-0.25, -0.2) is 0 Å². The van der Waals surface area contributed by atoms with Crippen LogP contribution < -0.4 is 28.7 Å². The van der Waals surface area contributed by atoms with Crippen molar-refractivity contribution in [2.75, 3.05) is 34.3 Å². The van der Waals surface area contributed by atoms with Crippen LogP contribution in [0.15, 0.2) is 36.4 Å². The second kappa shape index (κ2) is 8.49. The maximum Gasteiger partial charge on any atom is 0.302 e. The third kappa shape index (κ3) is 6.74. The van der Waals surface area contributed by atoms with Gasteiger partial charge in [-0.05, 0) is 34.5 Å². The summed E-state index contributed by atoms with van der Waals surface area (Å²) >= 11 is 0. The third-order valence-corrected chi connectivity index (χ3v) is 3.35. The van der Waals surface area contributed by atoms with Crippen molar-refractivity contribution in [1.29, 1.82) is 0 Å². The molecule has 0 aliphatic carbocycles. The molecule has 0 aliphatic heterocycles. The first-order valence-electron chi connectivity index (χ1n) is 7.43. The number of rotatable bonds is 6. The van der Waals surface area contributed by atoms with Crippen LogP contribution in [0, 0.1) is 0 Å². The monoisotopic (exact) mass is 429 g/mol. The summed E-state index contributed by atoms with van der Waals surface area (Å²) in [5, 5.41) is 2.23. The smallest absolute Gasteiger partial charge is 0.302 e. The molecule has 0 unspecified atom stereocenters. The van der Waals surface area contributed by atoms with Crippen LogP contribution in [0.25, 0.3) is 10.8 Å². The van der Waals surface area contributed by atoms with Crippen molar-refractivity contribution in [2.24, 2.45) is 0 Å². The molecule has 0 heterocycles. The minimum Gasteiger partial charge on any atom is -1.00 e. The zero-order valence-corrected chi connectivity index (χ0v) is 16.3. The predicted molar refractivity (Wildman–Crippen MR) is 87.8 cm³/mol. The Hall–Kier alpha value is -1.34. The number of ether oxygens (including phenoxy) is 2. The standard InChI is InChI=1S/C18H24NO3.HI/c1-14(20)22-13-15-5-6-17-12-18(8-7-16(17)11-15)21-10-9-19(2,3)4;/h5-8,11-12H,9-10,13H2,1-4H3;1H/q+1;/p-1. The van der Waals surface area contributed by atoms with Gasteiger partial charge in [0.05, 0.1) is 21.1 Å². The lowest BCUT2D eigenvalue weighted by molar-refractivity contribution is -0.870. The van der Waals surface area contributed by atoms with E-state index in [1.54, 1.807) is 0 Å². The summed E-state index contributed by atoms with van der Waals surface area (Å²) in [7, 11) is 6.44. The lowest BCUT2D eigenvalue weighted by Crippen LogP contribution is -3.00. The zero-order chi connectivity index (χ0) is 16.2. The average Bonchev–Trinajstić information content (AvgIpc) is 2.43. The third-order valence-electron chi connectivity index (χ3n) is 3.35. The molecule has 0 N–H and O–H groups in total. The maximum absolute atomic E-state index is 10.9. The number of hydrogen-bond acceptors (Lipinski definition) is 3. The molecule has 0 aliphatic rings. The number of carbonyl (C=O) groups excluding carboxylic acids is 1. The molecule has 2 rings (SSSR count). The zero-order valence-electron chi connectivity index (χ0n) is 14.1. The Labute approximate surface area is 155 Å². The van der Waals surface area contributed by atoms with Gasteiger partial charge in [-0.15, -0.1) is 0 Å². The largest absolute Gasteiger partial charge is 1.00 e. The van der Waals surface area contributed by atoms with E-state index in [0.717, 1.165) is 33.1 Å². The highest BCUT2D eigenvalue weighted by Gasteiger charge is 2.07. The van der Waals surface area contributed by atoms with Crippen molar-refractivity contribution in [2.45, 2.75) is 13.5 Å². The minimum absolute atomic E-state index is 0. The van der Waals surface area contributed by atoms with E-state index in [4.69, 9.17) is 9.47 Å². The summed E-state index contributed by atoms with van der Waals surface area (Å²) in [5.41, 5.74) is 0.987. The molecular formula is C18H24INO3. The number of likely N-dealkylation sites (N-methyl/N-ethyl adjacent to an activating group) is 1. The van der Waals surface area contributed by atoms with Crippen LogP contribution in [-0.4, -0.2) is 44.7 Å². The molecule has 0 saturated carbocycles. The number of hydrogen-bond donors (Lipinski definition) is 0. The summed E-state index contributed by atoms with van der Waals surface area (Å²) in [5.74, 6) is 0.620. The first-order chi connectivity index (χ1) is 10.3. The molecular weight excluding hydrogens is 405 g/mol. The molecule has 0 amide bonds. The number of halogens is 1. The molecule has 2 aromatic carbocycles. The Kier molecular flexibility index (Phi) is 7.28. The summed E-state index contributed by atoms with van der Waals surface area (Å²) in [4.78, 5) is 10.9. The first-order valence-corrected chi connectivity index (χ1v) is 7.43. The number of benzene rings is 2. The van der Waals surface area contributed by atoms with Crippen LogP contribution in [-0.2, 0) is 16.1 Å². The lowest BCUT2D eigenvalue weighted by Gasteiger charge is -2.23. The van der Waals surface area contributed by atoms with Gasteiger partial charge in [0.2, 0.25) is 0 Å². The molecule has 0 fully saturated rings. The Balaban J connectivity index is 0.00000264. The van der Waals surface area contributed by atoms with E-state index < -0.39 is 0 Å². The molecule has 4 nitrogen and oxygen atoms in total. The van der Waals surface area contributed by atoms with Crippen molar-refractivity contribution in [3.8, 4) is 5.75 Å². The van der Waals surface area contributed by atoms with Crippen LogP contribution in [0.4, 0.5) is 0 Å². The van der Waals surface area contributed by atoms with Gasteiger partial charge >= 0.3 is 5.97 Å². The van der Waals surface area contributed by atoms with E-state index in [1.807, 2.05) is 36.4 Å². The average molecular weight is 429 g/mol. The van der Waals surface area contributed by atoms with Gasteiger partial charge in [0.1, 0.15) is 25.5 Å². The van der Waals surface area contributed by atoms with Gasteiger partial charge in [0, 0.05) is 6.92 Å². The predicted octanol–water partition coefficient (Wildman–Crippen LogP) is -0.00810. The van der Waals surface area contributed by atoms with Crippen LogP contribution >= 0.6 is 0 Å². The fraction of sp³-hybridized carbons (Fsp3) is 0.389. The van der Waals surface area contributed by atoms with Gasteiger partial charge in [0.25, 0.3) is 0 Å². The highest BCUT2D eigenvalue weighted by molar-refractivity contribution is 5.84. The van der Waals surface area contributed by atoms with E-state index in [1.165, 1.54) is 6.92 Å². The number of fused-ring (bicyclic) bond motifs is 1. The first kappa shape index (κ1) is 19.7. The quantitative estimate of drug-likeness (QED) is 0.368. The van der Waals surface area contributed by atoms with Gasteiger partial charge in [-0.1, -0.05) is 18.2 Å². The Morgan fingerprint density at radius 3 is 2.35 bits per heavy atom. The van der Waals surface area contributed by atoms with Crippen LogP contribution in [0.3, 0.4) is 0 Å². The second-order valence-corrected chi connectivity index (χ2v) is 6.49. The van der Waals surface area contributed by atoms with Crippen LogP contribution in [0.1, 0.15) is 12.5 Å². The molecule has 0 saturated heterocycles. The SMILES string of the molecule is CC(=O)OCc1ccc2cc(OCC[N+](C)(C)C)ccc2c1.[I-]. The molecule has 0 radical (unpaired) electrons. The molecule has 2 aromatic rings. The van der Waals surface area contributed by atoms with Gasteiger partial charge < -0.3 is 37.9 Å². The van der Waals surface area contributed by atoms with Crippen molar-refractivity contribution in [1.82, 2.24) is 0 Å². The van der Waals surface area contributed by atoms with E-state index in [0.29, 0.717) is 13.2 Å². The van der Waals surface area contributed by atoms with Crippen molar-refractivity contribution >= 4 is 16.7 Å². The lowest BCUT2D eigenvalue weighted by atomic mass is 10.1. The van der Waals surface area contributed by atoms with E-state index in [-0.39, 0.29) is 29.9 Å². The maximum atomic E-state index is 10.9. The number of carbonyl (C=O) groups is 1. The number of quaternary nitrogens is 1. The molecule has 5 heteroatoms. The summed E-state index contributed by atoms with van der Waals surface area (Å²) < 4.78 is 11.7. The minimum atomic E-state index is -0.263. The van der Waals surface area contributed by atoms with Crippen LogP contribution in [0.2, 0.25) is 0 Å². The number of esters is 1. The topological polar surface area (TPSA) is 35.5 Å². The Bertz CT molecular complexity index is 665. The Morgan fingerprint density at radius 2 is 1.70 bits per heavy atom. The summed E-state index contributed by atoms with van der Waals surface area (Å²) in [6.07, 6.45) is 0.